The SMILES string of the molecule is Cc1noc(CN=C2NC(c3ccccc3)CS2)n1. The number of aryl methyl sites for hydroxylation is 1. The van der Waals surface area contributed by atoms with Gasteiger partial charge in [-0.05, 0) is 12.5 Å². The van der Waals surface area contributed by atoms with E-state index in [1.54, 1.807) is 18.7 Å². The zero-order valence-corrected chi connectivity index (χ0v) is 11.4. The van der Waals surface area contributed by atoms with Crippen molar-refractivity contribution in [3.8, 4) is 0 Å². The second-order valence-corrected chi connectivity index (χ2v) is 5.28. The first-order valence-corrected chi connectivity index (χ1v) is 7.08. The van der Waals surface area contributed by atoms with E-state index in [1.807, 2.05) is 6.07 Å². The van der Waals surface area contributed by atoms with Gasteiger partial charge in [-0.3, -0.25) is 4.99 Å². The van der Waals surface area contributed by atoms with Crippen LogP contribution in [0.3, 0.4) is 0 Å². The third-order valence-corrected chi connectivity index (χ3v) is 3.83. The smallest absolute Gasteiger partial charge is 0.248 e. The number of amidine groups is 1. The molecule has 19 heavy (non-hydrogen) atoms. The molecule has 1 aliphatic rings. The minimum absolute atomic E-state index is 0.328. The van der Waals surface area contributed by atoms with Crippen LogP contribution in [0.15, 0.2) is 39.8 Å². The molecule has 1 aromatic heterocycles. The fourth-order valence-electron chi connectivity index (χ4n) is 1.89. The van der Waals surface area contributed by atoms with E-state index in [9.17, 15) is 0 Å². The van der Waals surface area contributed by atoms with E-state index in [0.29, 0.717) is 24.3 Å². The van der Waals surface area contributed by atoms with Gasteiger partial charge in [-0.25, -0.2) is 0 Å². The van der Waals surface area contributed by atoms with Crippen LogP contribution < -0.4 is 5.32 Å². The summed E-state index contributed by atoms with van der Waals surface area (Å²) in [5, 5.41) is 8.08. The van der Waals surface area contributed by atoms with E-state index in [1.165, 1.54) is 5.56 Å². The minimum Gasteiger partial charge on any atom is -0.357 e. The van der Waals surface area contributed by atoms with E-state index in [2.05, 4.69) is 44.7 Å². The standard InChI is InChI=1S/C13H14N4OS/c1-9-15-12(18-17-9)7-14-13-16-11(8-19-13)10-5-3-2-4-6-10/h2-6,11H,7-8H2,1H3,(H,14,16). The topological polar surface area (TPSA) is 63.3 Å². The van der Waals surface area contributed by atoms with E-state index < -0.39 is 0 Å². The van der Waals surface area contributed by atoms with Crippen molar-refractivity contribution >= 4 is 16.9 Å². The van der Waals surface area contributed by atoms with Crippen molar-refractivity contribution in [2.24, 2.45) is 4.99 Å². The summed E-state index contributed by atoms with van der Waals surface area (Å²) in [7, 11) is 0. The molecule has 0 spiro atoms. The molecule has 3 rings (SSSR count). The van der Waals surface area contributed by atoms with Gasteiger partial charge in [0, 0.05) is 5.75 Å². The van der Waals surface area contributed by atoms with Crippen LogP contribution in [0.5, 0.6) is 0 Å². The van der Waals surface area contributed by atoms with E-state index in [0.717, 1.165) is 10.9 Å². The van der Waals surface area contributed by atoms with E-state index in [4.69, 9.17) is 4.52 Å². The molecule has 1 aliphatic heterocycles. The van der Waals surface area contributed by atoms with Crippen LogP contribution in [0.4, 0.5) is 0 Å². The van der Waals surface area contributed by atoms with Crippen molar-refractivity contribution in [1.82, 2.24) is 15.5 Å². The number of rotatable bonds is 3. The molecule has 2 heterocycles. The molecule has 6 heteroatoms. The van der Waals surface area contributed by atoms with Crippen molar-refractivity contribution in [2.45, 2.75) is 19.5 Å². The van der Waals surface area contributed by atoms with Crippen LogP contribution >= 0.6 is 11.8 Å². The number of hydrogen-bond acceptors (Lipinski definition) is 5. The Morgan fingerprint density at radius 3 is 3.00 bits per heavy atom. The lowest BCUT2D eigenvalue weighted by molar-refractivity contribution is 0.376. The van der Waals surface area contributed by atoms with Gasteiger partial charge < -0.3 is 9.84 Å². The Morgan fingerprint density at radius 2 is 2.26 bits per heavy atom. The van der Waals surface area contributed by atoms with Crippen molar-refractivity contribution in [2.75, 3.05) is 5.75 Å². The Kier molecular flexibility index (Phi) is 3.50. The average Bonchev–Trinajstić information content (AvgIpc) is 3.06. The second-order valence-electron chi connectivity index (χ2n) is 4.28. The van der Waals surface area contributed by atoms with Gasteiger partial charge in [0.1, 0.15) is 6.54 Å². The third kappa shape index (κ3) is 2.96. The number of nitrogens with zero attached hydrogens (tertiary/aromatic N) is 3. The quantitative estimate of drug-likeness (QED) is 0.930. The fourth-order valence-corrected chi connectivity index (χ4v) is 2.88. The molecule has 5 nitrogen and oxygen atoms in total. The zero-order valence-electron chi connectivity index (χ0n) is 10.5. The van der Waals surface area contributed by atoms with E-state index in [-0.39, 0.29) is 0 Å². The van der Waals surface area contributed by atoms with Gasteiger partial charge in [0.25, 0.3) is 0 Å². The van der Waals surface area contributed by atoms with Gasteiger partial charge in [-0.2, -0.15) is 4.98 Å². The molecule has 0 radical (unpaired) electrons. The first-order chi connectivity index (χ1) is 9.31. The summed E-state index contributed by atoms with van der Waals surface area (Å²) in [6.45, 7) is 2.23. The minimum atomic E-state index is 0.328. The fraction of sp³-hybridized carbons (Fsp3) is 0.308. The monoisotopic (exact) mass is 274 g/mol. The summed E-state index contributed by atoms with van der Waals surface area (Å²) in [5.41, 5.74) is 1.29. The van der Waals surface area contributed by atoms with Gasteiger partial charge in [-0.1, -0.05) is 47.3 Å². The maximum Gasteiger partial charge on any atom is 0.248 e. The molecule has 0 bridgehead atoms. The summed E-state index contributed by atoms with van der Waals surface area (Å²) >= 11 is 1.72. The lowest BCUT2D eigenvalue weighted by atomic mass is 10.1. The Hall–Kier alpha value is -1.82. The van der Waals surface area contributed by atoms with Gasteiger partial charge in [-0.15, -0.1) is 0 Å². The van der Waals surface area contributed by atoms with Crippen molar-refractivity contribution in [3.63, 3.8) is 0 Å². The first kappa shape index (κ1) is 12.2. The highest BCUT2D eigenvalue weighted by molar-refractivity contribution is 8.14. The van der Waals surface area contributed by atoms with Gasteiger partial charge in [0.2, 0.25) is 5.89 Å². The number of nitrogens with one attached hydrogen (secondary N) is 1. The largest absolute Gasteiger partial charge is 0.357 e. The number of benzene rings is 1. The van der Waals surface area contributed by atoms with Crippen molar-refractivity contribution in [3.05, 3.63) is 47.6 Å². The summed E-state index contributed by atoms with van der Waals surface area (Å²) in [4.78, 5) is 8.58. The molecule has 1 unspecified atom stereocenters. The molecule has 98 valence electrons. The first-order valence-electron chi connectivity index (χ1n) is 6.09. The highest BCUT2D eigenvalue weighted by Gasteiger charge is 2.21. The Balaban J connectivity index is 1.62. The summed E-state index contributed by atoms with van der Waals surface area (Å²) < 4.78 is 5.03. The summed E-state index contributed by atoms with van der Waals surface area (Å²) in [6, 6.07) is 10.7. The maximum atomic E-state index is 5.03. The number of hydrogen-bond donors (Lipinski definition) is 1. The number of aromatic nitrogens is 2. The van der Waals surface area contributed by atoms with Crippen LogP contribution in [0.1, 0.15) is 23.3 Å². The molecule has 1 aromatic carbocycles. The predicted octanol–water partition coefficient (Wildman–Crippen LogP) is 2.31. The van der Waals surface area contributed by atoms with Crippen molar-refractivity contribution < 1.29 is 4.52 Å². The van der Waals surface area contributed by atoms with Crippen LogP contribution in [0.2, 0.25) is 0 Å². The molecule has 1 N–H and O–H groups in total. The number of aliphatic imine (C=N–C) groups is 1. The van der Waals surface area contributed by atoms with Crippen molar-refractivity contribution in [1.29, 1.82) is 0 Å². The summed E-state index contributed by atoms with van der Waals surface area (Å²) in [5.74, 6) is 2.19. The van der Waals surface area contributed by atoms with Crippen LogP contribution in [0, 0.1) is 6.92 Å². The second kappa shape index (κ2) is 5.44. The molecule has 1 saturated heterocycles. The molecule has 0 aliphatic carbocycles. The Labute approximate surface area is 115 Å². The predicted molar refractivity (Wildman–Crippen MR) is 75.0 cm³/mol. The van der Waals surface area contributed by atoms with Crippen LogP contribution in [-0.2, 0) is 6.54 Å². The molecular formula is C13H14N4OS. The molecule has 2 aromatic rings. The van der Waals surface area contributed by atoms with Gasteiger partial charge >= 0.3 is 0 Å². The molecule has 1 fully saturated rings. The zero-order chi connectivity index (χ0) is 13.1. The highest BCUT2D eigenvalue weighted by Crippen LogP contribution is 2.25. The lowest BCUT2D eigenvalue weighted by Gasteiger charge is -2.09. The molecule has 0 saturated carbocycles. The molecule has 1 atom stereocenters. The maximum absolute atomic E-state index is 5.03. The molecular weight excluding hydrogens is 260 g/mol. The normalized spacial score (nSPS) is 20.7. The Morgan fingerprint density at radius 1 is 1.42 bits per heavy atom. The van der Waals surface area contributed by atoms with E-state index >= 15 is 0 Å². The molecule has 0 amide bonds. The Bertz CT molecular complexity index is 581. The highest BCUT2D eigenvalue weighted by atomic mass is 32.2. The van der Waals surface area contributed by atoms with Gasteiger partial charge in [0.05, 0.1) is 6.04 Å². The lowest BCUT2D eigenvalue weighted by Crippen LogP contribution is -2.19. The third-order valence-electron chi connectivity index (χ3n) is 2.81. The number of thioether (sulfide) groups is 1. The van der Waals surface area contributed by atoms with Crippen LogP contribution in [-0.4, -0.2) is 21.1 Å². The van der Waals surface area contributed by atoms with Crippen LogP contribution in [0.25, 0.3) is 0 Å². The average molecular weight is 274 g/mol. The summed E-state index contributed by atoms with van der Waals surface area (Å²) in [6.07, 6.45) is 0. The van der Waals surface area contributed by atoms with Gasteiger partial charge in [0.15, 0.2) is 11.0 Å².